The smallest absolute Gasteiger partial charge is 0.166 e. The molecule has 0 amide bonds. The molecule has 0 aliphatic carbocycles. The third-order valence-corrected chi connectivity index (χ3v) is 4.32. The fourth-order valence-corrected chi connectivity index (χ4v) is 3.12. The summed E-state index contributed by atoms with van der Waals surface area (Å²) in [5, 5.41) is 0. The molecule has 0 aromatic rings. The monoisotopic (exact) mass is 275 g/mol. The van der Waals surface area contributed by atoms with Crippen LogP contribution in [0.5, 0.6) is 0 Å². The summed E-state index contributed by atoms with van der Waals surface area (Å²) >= 11 is 0. The van der Waals surface area contributed by atoms with Crippen molar-refractivity contribution in [1.29, 1.82) is 0 Å². The summed E-state index contributed by atoms with van der Waals surface area (Å²) in [6, 6.07) is 0. The third-order valence-electron chi connectivity index (χ3n) is 4.32. The molecule has 20 heavy (non-hydrogen) atoms. The van der Waals surface area contributed by atoms with E-state index in [-0.39, 0.29) is 0 Å². The van der Waals surface area contributed by atoms with Gasteiger partial charge in [-0.25, -0.2) is 4.58 Å². The van der Waals surface area contributed by atoms with Gasteiger partial charge in [-0.05, 0) is 44.9 Å². The average molecular weight is 275 g/mol. The van der Waals surface area contributed by atoms with E-state index in [4.69, 9.17) is 0 Å². The Hall–Kier alpha value is -1.05. The van der Waals surface area contributed by atoms with Gasteiger partial charge in [-0.15, -0.1) is 0 Å². The highest BCUT2D eigenvalue weighted by Crippen LogP contribution is 2.10. The van der Waals surface area contributed by atoms with Gasteiger partial charge in [0.1, 0.15) is 13.1 Å². The standard InChI is InChI=1S/C18H31N2/c1-18(17-20-14-8-4-5-9-15-20)11-10-16-19-12-6-2-3-7-13-19/h10-11,16-17H,2-9,12-15H2,1H3/q+1. The molecule has 2 fully saturated rings. The van der Waals surface area contributed by atoms with Crippen molar-refractivity contribution in [1.82, 2.24) is 4.90 Å². The lowest BCUT2D eigenvalue weighted by Crippen LogP contribution is -2.17. The number of likely N-dealkylation sites (tertiary alicyclic amines) is 1. The molecule has 2 aliphatic heterocycles. The van der Waals surface area contributed by atoms with Crippen molar-refractivity contribution < 1.29 is 4.58 Å². The van der Waals surface area contributed by atoms with Crippen LogP contribution in [-0.2, 0) is 0 Å². The lowest BCUT2D eigenvalue weighted by Gasteiger charge is -2.16. The summed E-state index contributed by atoms with van der Waals surface area (Å²) < 4.78 is 2.50. The molecule has 0 spiro atoms. The Morgan fingerprint density at radius 2 is 1.45 bits per heavy atom. The van der Waals surface area contributed by atoms with Crippen LogP contribution in [0.3, 0.4) is 0 Å². The predicted octanol–water partition coefficient (Wildman–Crippen LogP) is 3.98. The van der Waals surface area contributed by atoms with Gasteiger partial charge in [0.25, 0.3) is 0 Å². The molecule has 0 radical (unpaired) electrons. The van der Waals surface area contributed by atoms with Gasteiger partial charge >= 0.3 is 0 Å². The number of allylic oxidation sites excluding steroid dienone is 3. The Morgan fingerprint density at radius 1 is 0.850 bits per heavy atom. The maximum absolute atomic E-state index is 2.50. The van der Waals surface area contributed by atoms with Crippen molar-refractivity contribution in [3.63, 3.8) is 0 Å². The van der Waals surface area contributed by atoms with Gasteiger partial charge in [0.15, 0.2) is 6.21 Å². The summed E-state index contributed by atoms with van der Waals surface area (Å²) in [7, 11) is 0. The van der Waals surface area contributed by atoms with E-state index < -0.39 is 0 Å². The minimum Gasteiger partial charge on any atom is -0.377 e. The molecule has 0 aromatic heterocycles. The van der Waals surface area contributed by atoms with E-state index in [0.717, 1.165) is 0 Å². The largest absolute Gasteiger partial charge is 0.377 e. The van der Waals surface area contributed by atoms with Crippen molar-refractivity contribution in [2.75, 3.05) is 26.2 Å². The molecule has 2 rings (SSSR count). The molecule has 0 unspecified atom stereocenters. The summed E-state index contributed by atoms with van der Waals surface area (Å²) in [4.78, 5) is 2.47. The zero-order valence-electron chi connectivity index (χ0n) is 13.2. The molecule has 0 saturated carbocycles. The molecule has 112 valence electrons. The lowest BCUT2D eigenvalue weighted by molar-refractivity contribution is -0.521. The molecule has 0 atom stereocenters. The first-order valence-corrected chi connectivity index (χ1v) is 8.53. The van der Waals surface area contributed by atoms with Crippen LogP contribution in [0.25, 0.3) is 0 Å². The highest BCUT2D eigenvalue weighted by molar-refractivity contribution is 5.73. The van der Waals surface area contributed by atoms with Crippen molar-refractivity contribution in [2.45, 2.75) is 58.3 Å². The second-order valence-corrected chi connectivity index (χ2v) is 6.28. The lowest BCUT2D eigenvalue weighted by atomic mass is 10.2. The number of nitrogens with zero attached hydrogens (tertiary/aromatic N) is 2. The Balaban J connectivity index is 1.84. The Morgan fingerprint density at radius 3 is 2.10 bits per heavy atom. The Bertz CT molecular complexity index is 348. The van der Waals surface area contributed by atoms with Crippen LogP contribution in [0, 0.1) is 0 Å². The summed E-state index contributed by atoms with van der Waals surface area (Å²) in [6.07, 6.45) is 20.2. The SMILES string of the molecule is CC(=CC=CN1CCCCCC1)C=[N+]1CCCCCC1. The van der Waals surface area contributed by atoms with Crippen molar-refractivity contribution >= 4 is 6.21 Å². The van der Waals surface area contributed by atoms with Gasteiger partial charge in [-0.3, -0.25) is 0 Å². The van der Waals surface area contributed by atoms with Crippen LogP contribution < -0.4 is 0 Å². The normalized spacial score (nSPS) is 22.8. The molecule has 0 aromatic carbocycles. The molecule has 2 saturated heterocycles. The van der Waals surface area contributed by atoms with Gasteiger partial charge in [0.2, 0.25) is 0 Å². The number of rotatable bonds is 3. The van der Waals surface area contributed by atoms with Gasteiger partial charge < -0.3 is 4.90 Å². The van der Waals surface area contributed by atoms with Crippen LogP contribution in [0.15, 0.2) is 23.9 Å². The minimum absolute atomic E-state index is 1.24. The van der Waals surface area contributed by atoms with Crippen LogP contribution in [-0.4, -0.2) is 41.9 Å². The van der Waals surface area contributed by atoms with Crippen molar-refractivity contribution in [3.8, 4) is 0 Å². The zero-order chi connectivity index (χ0) is 14.0. The first kappa shape index (κ1) is 15.3. The molecule has 2 heteroatoms. The maximum atomic E-state index is 2.50. The van der Waals surface area contributed by atoms with Gasteiger partial charge in [0.05, 0.1) is 0 Å². The zero-order valence-corrected chi connectivity index (χ0v) is 13.2. The Labute approximate surface area is 124 Å². The molecular formula is C18H31N2+. The molecule has 0 bridgehead atoms. The van der Waals surface area contributed by atoms with E-state index in [2.05, 4.69) is 41.0 Å². The summed E-state index contributed by atoms with van der Waals surface area (Å²) in [5.74, 6) is 0. The van der Waals surface area contributed by atoms with Crippen molar-refractivity contribution in [3.05, 3.63) is 23.9 Å². The second kappa shape index (κ2) is 8.99. The van der Waals surface area contributed by atoms with E-state index in [9.17, 15) is 0 Å². The first-order chi connectivity index (χ1) is 9.84. The first-order valence-electron chi connectivity index (χ1n) is 8.53. The van der Waals surface area contributed by atoms with E-state index in [1.165, 1.54) is 83.1 Å². The quantitative estimate of drug-likeness (QED) is 0.558. The molecule has 0 N–H and O–H groups in total. The van der Waals surface area contributed by atoms with E-state index >= 15 is 0 Å². The summed E-state index contributed by atoms with van der Waals surface area (Å²) in [6.45, 7) is 7.16. The molecule has 2 nitrogen and oxygen atoms in total. The fraction of sp³-hybridized carbons (Fsp3) is 0.722. The highest BCUT2D eigenvalue weighted by atomic mass is 15.1. The van der Waals surface area contributed by atoms with Crippen LogP contribution >= 0.6 is 0 Å². The number of hydrogen-bond donors (Lipinski definition) is 0. The minimum atomic E-state index is 1.24. The highest BCUT2D eigenvalue weighted by Gasteiger charge is 2.08. The predicted molar refractivity (Wildman–Crippen MR) is 87.5 cm³/mol. The third kappa shape index (κ3) is 5.94. The average Bonchev–Trinajstić information content (AvgIpc) is 2.83. The topological polar surface area (TPSA) is 6.25 Å². The molecule has 2 heterocycles. The van der Waals surface area contributed by atoms with Gasteiger partial charge in [-0.2, -0.15) is 0 Å². The van der Waals surface area contributed by atoms with E-state index in [1.807, 2.05) is 0 Å². The fourth-order valence-electron chi connectivity index (χ4n) is 3.12. The van der Waals surface area contributed by atoms with E-state index in [0.29, 0.717) is 0 Å². The molecule has 2 aliphatic rings. The van der Waals surface area contributed by atoms with Gasteiger partial charge in [-0.1, -0.05) is 18.9 Å². The van der Waals surface area contributed by atoms with E-state index in [1.54, 1.807) is 0 Å². The van der Waals surface area contributed by atoms with Crippen LogP contribution in [0.2, 0.25) is 0 Å². The van der Waals surface area contributed by atoms with Gasteiger partial charge in [0, 0.05) is 31.5 Å². The second-order valence-electron chi connectivity index (χ2n) is 6.28. The number of hydrogen-bond acceptors (Lipinski definition) is 1. The Kier molecular flexibility index (Phi) is 6.90. The molecular weight excluding hydrogens is 244 g/mol. The van der Waals surface area contributed by atoms with Crippen molar-refractivity contribution in [2.24, 2.45) is 0 Å². The maximum Gasteiger partial charge on any atom is 0.166 e. The summed E-state index contributed by atoms with van der Waals surface area (Å²) in [5.41, 5.74) is 1.37. The van der Waals surface area contributed by atoms with Crippen LogP contribution in [0.4, 0.5) is 0 Å². The van der Waals surface area contributed by atoms with Crippen LogP contribution in [0.1, 0.15) is 58.3 Å².